The zero-order chi connectivity index (χ0) is 26.8. The molecular weight excluding hydrogens is 488 g/mol. The Balaban J connectivity index is 1.91. The summed E-state index contributed by atoms with van der Waals surface area (Å²) in [4.78, 5) is 28.7. The molecule has 1 atom stereocenters. The van der Waals surface area contributed by atoms with E-state index in [9.17, 15) is 9.59 Å². The van der Waals surface area contributed by atoms with Crippen LogP contribution in [0.25, 0.3) is 0 Å². The molecule has 1 N–H and O–H groups in total. The van der Waals surface area contributed by atoms with Gasteiger partial charge in [-0.2, -0.15) is 0 Å². The first kappa shape index (κ1) is 28.1. The van der Waals surface area contributed by atoms with Crippen LogP contribution in [-0.4, -0.2) is 43.0 Å². The number of halogens is 1. The van der Waals surface area contributed by atoms with Gasteiger partial charge in [-0.3, -0.25) is 9.59 Å². The van der Waals surface area contributed by atoms with Crippen LogP contribution < -0.4 is 14.8 Å². The predicted octanol–water partition coefficient (Wildman–Crippen LogP) is 5.45. The van der Waals surface area contributed by atoms with E-state index in [1.54, 1.807) is 30.2 Å². The number of hydrogen-bond donors (Lipinski definition) is 1. The van der Waals surface area contributed by atoms with Gasteiger partial charge in [-0.15, -0.1) is 0 Å². The summed E-state index contributed by atoms with van der Waals surface area (Å²) in [5.74, 6) is 1.01. The molecular formula is C30H35ClN2O4. The maximum Gasteiger partial charge on any atom is 0.261 e. The number of carbonyl (C=O) groups is 2. The third-order valence-corrected chi connectivity index (χ3v) is 6.36. The second kappa shape index (κ2) is 13.7. The van der Waals surface area contributed by atoms with Crippen molar-refractivity contribution in [2.45, 2.75) is 39.8 Å². The quantitative estimate of drug-likeness (QED) is 0.343. The molecule has 0 fully saturated rings. The van der Waals surface area contributed by atoms with Gasteiger partial charge in [0.25, 0.3) is 5.91 Å². The number of nitrogens with zero attached hydrogens (tertiary/aromatic N) is 1. The Bertz CT molecular complexity index is 1180. The van der Waals surface area contributed by atoms with Crippen molar-refractivity contribution < 1.29 is 19.1 Å². The lowest BCUT2D eigenvalue weighted by Gasteiger charge is -2.31. The molecule has 0 saturated carbocycles. The van der Waals surface area contributed by atoms with Crippen molar-refractivity contribution in [1.82, 2.24) is 10.2 Å². The lowest BCUT2D eigenvalue weighted by Crippen LogP contribution is -2.52. The molecule has 3 rings (SSSR count). The van der Waals surface area contributed by atoms with Crippen molar-refractivity contribution in [2.24, 2.45) is 5.92 Å². The molecule has 2 amide bonds. The summed E-state index contributed by atoms with van der Waals surface area (Å²) in [6.07, 6.45) is 0.376. The van der Waals surface area contributed by atoms with Gasteiger partial charge in [0.1, 0.15) is 17.5 Å². The molecule has 196 valence electrons. The fourth-order valence-electron chi connectivity index (χ4n) is 3.88. The Morgan fingerprint density at radius 2 is 1.68 bits per heavy atom. The number of methoxy groups -OCH3 is 1. The van der Waals surface area contributed by atoms with Gasteiger partial charge >= 0.3 is 0 Å². The molecule has 0 aliphatic carbocycles. The molecule has 3 aromatic rings. The van der Waals surface area contributed by atoms with Crippen LogP contribution in [0.15, 0.2) is 72.8 Å². The van der Waals surface area contributed by atoms with Crippen LogP contribution in [0, 0.1) is 12.8 Å². The topological polar surface area (TPSA) is 67.9 Å². The van der Waals surface area contributed by atoms with Crippen molar-refractivity contribution >= 4 is 23.4 Å². The molecule has 0 aliphatic heterocycles. The highest BCUT2D eigenvalue weighted by Crippen LogP contribution is 2.22. The minimum atomic E-state index is -0.726. The van der Waals surface area contributed by atoms with E-state index < -0.39 is 6.04 Å². The van der Waals surface area contributed by atoms with Gasteiger partial charge in [0, 0.05) is 24.5 Å². The highest BCUT2D eigenvalue weighted by atomic mass is 35.5. The molecule has 0 aliphatic rings. The van der Waals surface area contributed by atoms with Crippen molar-refractivity contribution in [3.63, 3.8) is 0 Å². The van der Waals surface area contributed by atoms with E-state index in [0.29, 0.717) is 29.5 Å². The lowest BCUT2D eigenvalue weighted by molar-refractivity contribution is -0.142. The molecule has 6 nitrogen and oxygen atoms in total. The van der Waals surface area contributed by atoms with Crippen LogP contribution in [0.3, 0.4) is 0 Å². The molecule has 0 radical (unpaired) electrons. The molecule has 37 heavy (non-hydrogen) atoms. The second-order valence-electron chi connectivity index (χ2n) is 9.42. The molecule has 0 saturated heterocycles. The Morgan fingerprint density at radius 3 is 2.35 bits per heavy atom. The normalized spacial score (nSPS) is 11.6. The summed E-state index contributed by atoms with van der Waals surface area (Å²) in [7, 11) is 1.60. The van der Waals surface area contributed by atoms with E-state index in [2.05, 4.69) is 5.32 Å². The molecule has 0 aromatic heterocycles. The first-order valence-electron chi connectivity index (χ1n) is 12.4. The van der Waals surface area contributed by atoms with Gasteiger partial charge in [0.15, 0.2) is 6.61 Å². The number of ether oxygens (including phenoxy) is 2. The predicted molar refractivity (Wildman–Crippen MR) is 147 cm³/mol. The number of carbonyl (C=O) groups excluding carboxylic acids is 2. The Hall–Kier alpha value is -3.51. The fraction of sp³-hybridized carbons (Fsp3) is 0.333. The smallest absolute Gasteiger partial charge is 0.261 e. The third kappa shape index (κ3) is 8.53. The number of nitrogens with one attached hydrogen (secondary N) is 1. The van der Waals surface area contributed by atoms with Crippen LogP contribution in [0.4, 0.5) is 0 Å². The number of benzene rings is 3. The lowest BCUT2D eigenvalue weighted by atomic mass is 10.0. The number of hydrogen-bond acceptors (Lipinski definition) is 4. The van der Waals surface area contributed by atoms with Crippen molar-refractivity contribution in [3.05, 3.63) is 94.5 Å². The fourth-order valence-corrected chi connectivity index (χ4v) is 4.00. The third-order valence-electron chi connectivity index (χ3n) is 5.93. The standard InChI is InChI=1S/C30H35ClN2O4/c1-21(2)18-32-30(35)28(17-23-9-6-5-7-10-23)33(19-24-11-8-12-25(16-24)36-4)29(34)20-37-26-13-14-27(31)22(3)15-26/h5-16,21,28H,17-20H2,1-4H3,(H,32,35)/t28-/m0/s1. The first-order chi connectivity index (χ1) is 17.8. The van der Waals surface area contributed by atoms with Gasteiger partial charge in [0.05, 0.1) is 7.11 Å². The van der Waals surface area contributed by atoms with Crippen molar-refractivity contribution in [1.29, 1.82) is 0 Å². The second-order valence-corrected chi connectivity index (χ2v) is 9.82. The minimum Gasteiger partial charge on any atom is -0.497 e. The van der Waals surface area contributed by atoms with E-state index in [1.165, 1.54) is 0 Å². The molecule has 3 aromatic carbocycles. The highest BCUT2D eigenvalue weighted by Gasteiger charge is 2.31. The maximum absolute atomic E-state index is 13.7. The minimum absolute atomic E-state index is 0.198. The van der Waals surface area contributed by atoms with Crippen LogP contribution in [0.5, 0.6) is 11.5 Å². The first-order valence-corrected chi connectivity index (χ1v) is 12.8. The van der Waals surface area contributed by atoms with E-state index in [1.807, 2.05) is 75.4 Å². The van der Waals surface area contributed by atoms with Crippen molar-refractivity contribution in [2.75, 3.05) is 20.3 Å². The van der Waals surface area contributed by atoms with Gasteiger partial charge in [-0.25, -0.2) is 0 Å². The molecule has 0 heterocycles. The zero-order valence-electron chi connectivity index (χ0n) is 21.9. The summed E-state index contributed by atoms with van der Waals surface area (Å²) in [5.41, 5.74) is 2.67. The summed E-state index contributed by atoms with van der Waals surface area (Å²) in [6.45, 7) is 6.48. The largest absolute Gasteiger partial charge is 0.497 e. The molecule has 0 bridgehead atoms. The SMILES string of the molecule is COc1cccc(CN(C(=O)COc2ccc(Cl)c(C)c2)[C@@H](Cc2ccccc2)C(=O)NCC(C)C)c1. The summed E-state index contributed by atoms with van der Waals surface area (Å²) >= 11 is 6.13. The number of aryl methyl sites for hydroxylation is 1. The number of amides is 2. The molecule has 0 unspecified atom stereocenters. The van der Waals surface area contributed by atoms with Crippen molar-refractivity contribution in [3.8, 4) is 11.5 Å². The van der Waals surface area contributed by atoms with Gasteiger partial charge in [0.2, 0.25) is 5.91 Å². The average molecular weight is 523 g/mol. The molecule has 0 spiro atoms. The number of rotatable bonds is 12. The summed E-state index contributed by atoms with van der Waals surface area (Å²) in [5, 5.41) is 3.65. The van der Waals surface area contributed by atoms with E-state index in [-0.39, 0.29) is 30.9 Å². The van der Waals surface area contributed by atoms with Crippen LogP contribution >= 0.6 is 11.6 Å². The van der Waals surface area contributed by atoms with E-state index in [0.717, 1.165) is 16.7 Å². The van der Waals surface area contributed by atoms with Crippen LogP contribution in [0.2, 0.25) is 5.02 Å². The highest BCUT2D eigenvalue weighted by molar-refractivity contribution is 6.31. The Kier molecular flexibility index (Phi) is 10.4. The Labute approximate surface area is 224 Å². The average Bonchev–Trinajstić information content (AvgIpc) is 2.90. The Morgan fingerprint density at radius 1 is 0.946 bits per heavy atom. The summed E-state index contributed by atoms with van der Waals surface area (Å²) < 4.78 is 11.2. The van der Waals surface area contributed by atoms with Crippen LogP contribution in [0.1, 0.15) is 30.5 Å². The van der Waals surface area contributed by atoms with E-state index >= 15 is 0 Å². The zero-order valence-corrected chi connectivity index (χ0v) is 22.6. The van der Waals surface area contributed by atoms with Gasteiger partial charge in [-0.1, -0.05) is 67.9 Å². The van der Waals surface area contributed by atoms with Gasteiger partial charge in [-0.05, 0) is 59.9 Å². The monoisotopic (exact) mass is 522 g/mol. The van der Waals surface area contributed by atoms with Crippen LogP contribution in [-0.2, 0) is 22.6 Å². The van der Waals surface area contributed by atoms with E-state index in [4.69, 9.17) is 21.1 Å². The summed E-state index contributed by atoms with van der Waals surface area (Å²) in [6, 6.07) is 21.7. The van der Waals surface area contributed by atoms with Gasteiger partial charge < -0.3 is 19.7 Å². The maximum atomic E-state index is 13.7. The molecule has 7 heteroatoms.